The molecule has 6 heteroatoms. The van der Waals surface area contributed by atoms with Gasteiger partial charge in [-0.3, -0.25) is 0 Å². The second-order valence-corrected chi connectivity index (χ2v) is 11.9. The Labute approximate surface area is 325 Å². The molecule has 6 nitrogen and oxygen atoms in total. The maximum atomic E-state index is 6.23. The smallest absolute Gasteiger partial charge is 0.0691 e. The van der Waals surface area contributed by atoms with E-state index in [1.165, 1.54) is 11.1 Å². The standard InChI is InChI=1S/C20H20N2.C13H16N2.C7H9N.C6H9N.C2H6/c1-15-12-16(2)14-18(13-15)22(17-8-4-3-5-9-17)20-11-7-6-10-19(20)21;1-12(14-2)8-6-7-11-15-13-9-4-3-5-10-13;1-8-7-5-3-2-4-6-7;7-6-4-2-1-3-5-6;1-2/h3-14H,21H2,1-2H3;3-11,14-15H,1H2,2H3;2-6,8H,1H3;2,4-5H,1,3,7H2;1-2H3/b;8-6-,11-7-;;;. The normalized spacial score (nSPS) is 11.1. The van der Waals surface area contributed by atoms with Crippen LogP contribution in [0, 0.1) is 13.8 Å². The number of nitrogen functional groups attached to an aromatic ring is 1. The van der Waals surface area contributed by atoms with Crippen LogP contribution in [-0.2, 0) is 0 Å². The van der Waals surface area contributed by atoms with Crippen LogP contribution < -0.4 is 32.3 Å². The zero-order valence-corrected chi connectivity index (χ0v) is 33.0. The van der Waals surface area contributed by atoms with Crippen molar-refractivity contribution in [2.24, 2.45) is 5.73 Å². The molecule has 0 aliphatic heterocycles. The highest BCUT2D eigenvalue weighted by Crippen LogP contribution is 2.38. The molecule has 5 aromatic carbocycles. The fourth-order valence-electron chi connectivity index (χ4n) is 5.00. The molecule has 0 saturated carbocycles. The molecule has 0 fully saturated rings. The number of allylic oxidation sites excluding steroid dienone is 6. The van der Waals surface area contributed by atoms with E-state index < -0.39 is 0 Å². The van der Waals surface area contributed by atoms with E-state index in [2.05, 4.69) is 83.8 Å². The summed E-state index contributed by atoms with van der Waals surface area (Å²) in [6, 6.07) is 44.9. The maximum absolute atomic E-state index is 6.23. The summed E-state index contributed by atoms with van der Waals surface area (Å²) in [5.74, 6) is 0. The van der Waals surface area contributed by atoms with E-state index in [9.17, 15) is 0 Å². The third-order valence-electron chi connectivity index (χ3n) is 7.59. The Morgan fingerprint density at radius 2 is 1.22 bits per heavy atom. The number of nitrogens with zero attached hydrogens (tertiary/aromatic N) is 1. The first-order valence-electron chi connectivity index (χ1n) is 18.4. The molecule has 1 aliphatic carbocycles. The molecule has 0 atom stereocenters. The number of aryl methyl sites for hydroxylation is 2. The number of likely N-dealkylation sites (N-methyl/N-ethyl adjacent to an activating group) is 1. The van der Waals surface area contributed by atoms with Crippen molar-refractivity contribution in [2.45, 2.75) is 40.5 Å². The summed E-state index contributed by atoms with van der Waals surface area (Å²) >= 11 is 0. The number of para-hydroxylation sites is 5. The molecule has 0 unspecified atom stereocenters. The first kappa shape index (κ1) is 43.8. The van der Waals surface area contributed by atoms with Crippen molar-refractivity contribution in [3.8, 4) is 0 Å². The molecule has 54 heavy (non-hydrogen) atoms. The Morgan fingerprint density at radius 3 is 1.70 bits per heavy atom. The highest BCUT2D eigenvalue weighted by Gasteiger charge is 2.14. The van der Waals surface area contributed by atoms with E-state index in [1.807, 2.05) is 162 Å². The van der Waals surface area contributed by atoms with Gasteiger partial charge in [-0.1, -0.05) is 111 Å². The predicted octanol–water partition coefficient (Wildman–Crippen LogP) is 12.2. The molecule has 282 valence electrons. The zero-order chi connectivity index (χ0) is 39.4. The number of rotatable bonds is 9. The molecule has 0 amide bonds. The summed E-state index contributed by atoms with van der Waals surface area (Å²) in [6.45, 7) is 12.0. The lowest BCUT2D eigenvalue weighted by molar-refractivity contribution is 1.01. The number of nitrogens with one attached hydrogen (secondary N) is 3. The Bertz CT molecular complexity index is 1860. The number of nitrogens with two attached hydrogens (primary N) is 2. The lowest BCUT2D eigenvalue weighted by Crippen LogP contribution is -2.12. The fourth-order valence-corrected chi connectivity index (χ4v) is 5.00. The van der Waals surface area contributed by atoms with Gasteiger partial charge in [-0.05, 0) is 117 Å². The molecule has 0 saturated heterocycles. The first-order chi connectivity index (χ1) is 26.3. The van der Waals surface area contributed by atoms with Gasteiger partial charge in [0.25, 0.3) is 0 Å². The fraction of sp³-hybridized carbons (Fsp3) is 0.167. The molecule has 0 radical (unpaired) electrons. The van der Waals surface area contributed by atoms with E-state index in [1.54, 1.807) is 0 Å². The monoisotopic (exact) mass is 720 g/mol. The van der Waals surface area contributed by atoms with Crippen molar-refractivity contribution < 1.29 is 0 Å². The van der Waals surface area contributed by atoms with Gasteiger partial charge in [0.2, 0.25) is 0 Å². The van der Waals surface area contributed by atoms with E-state index in [4.69, 9.17) is 11.5 Å². The quantitative estimate of drug-likeness (QED) is 0.0769. The highest BCUT2D eigenvalue weighted by atomic mass is 15.1. The van der Waals surface area contributed by atoms with Crippen LogP contribution in [0.25, 0.3) is 0 Å². The number of anilines is 6. The van der Waals surface area contributed by atoms with Crippen molar-refractivity contribution in [3.63, 3.8) is 0 Å². The van der Waals surface area contributed by atoms with E-state index in [-0.39, 0.29) is 0 Å². The predicted molar refractivity (Wildman–Crippen MR) is 240 cm³/mol. The van der Waals surface area contributed by atoms with Crippen molar-refractivity contribution in [2.75, 3.05) is 35.4 Å². The van der Waals surface area contributed by atoms with Gasteiger partial charge in [-0.15, -0.1) is 0 Å². The van der Waals surface area contributed by atoms with Crippen molar-refractivity contribution in [1.82, 2.24) is 5.32 Å². The van der Waals surface area contributed by atoms with Crippen LogP contribution in [0.5, 0.6) is 0 Å². The summed E-state index contributed by atoms with van der Waals surface area (Å²) in [6.07, 6.45) is 16.0. The Kier molecular flexibility index (Phi) is 21.4. The zero-order valence-electron chi connectivity index (χ0n) is 33.0. The third kappa shape index (κ3) is 17.2. The molecule has 0 aromatic heterocycles. The third-order valence-corrected chi connectivity index (χ3v) is 7.59. The van der Waals surface area contributed by atoms with Crippen LogP contribution in [0.4, 0.5) is 34.1 Å². The van der Waals surface area contributed by atoms with Gasteiger partial charge in [0, 0.05) is 54.4 Å². The topological polar surface area (TPSA) is 91.4 Å². The summed E-state index contributed by atoms with van der Waals surface area (Å²) < 4.78 is 0. The number of benzene rings is 5. The van der Waals surface area contributed by atoms with Gasteiger partial charge >= 0.3 is 0 Å². The minimum absolute atomic E-state index is 0.769. The molecule has 7 N–H and O–H groups in total. The van der Waals surface area contributed by atoms with Gasteiger partial charge in [0.05, 0.1) is 11.4 Å². The van der Waals surface area contributed by atoms with Crippen LogP contribution in [0.2, 0.25) is 0 Å². The molecule has 6 rings (SSSR count). The molecule has 0 heterocycles. The average Bonchev–Trinajstić information content (AvgIpc) is 3.21. The Morgan fingerprint density at radius 1 is 0.667 bits per heavy atom. The summed E-state index contributed by atoms with van der Waals surface area (Å²) in [7, 11) is 3.76. The number of hydrogen-bond acceptors (Lipinski definition) is 6. The van der Waals surface area contributed by atoms with Gasteiger partial charge in [0.1, 0.15) is 0 Å². The molecule has 5 aromatic rings. The average molecular weight is 721 g/mol. The second-order valence-electron chi connectivity index (χ2n) is 11.9. The van der Waals surface area contributed by atoms with Crippen LogP contribution >= 0.6 is 0 Å². The minimum Gasteiger partial charge on any atom is -0.399 e. The number of hydrogen-bond donors (Lipinski definition) is 5. The second kappa shape index (κ2) is 26.4. The van der Waals surface area contributed by atoms with Crippen molar-refractivity contribution >= 4 is 34.1 Å². The van der Waals surface area contributed by atoms with E-state index in [0.717, 1.165) is 58.4 Å². The molecule has 0 bridgehead atoms. The summed E-state index contributed by atoms with van der Waals surface area (Å²) in [4.78, 5) is 2.20. The highest BCUT2D eigenvalue weighted by molar-refractivity contribution is 5.83. The van der Waals surface area contributed by atoms with Crippen molar-refractivity contribution in [1.29, 1.82) is 0 Å². The van der Waals surface area contributed by atoms with Gasteiger partial charge in [0.15, 0.2) is 0 Å². The molecule has 1 aliphatic rings. The molecule has 0 spiro atoms. The first-order valence-corrected chi connectivity index (χ1v) is 18.4. The van der Waals surface area contributed by atoms with E-state index >= 15 is 0 Å². The lowest BCUT2D eigenvalue weighted by atomic mass is 10.1. The largest absolute Gasteiger partial charge is 0.399 e. The minimum atomic E-state index is 0.769. The van der Waals surface area contributed by atoms with E-state index in [0.29, 0.717) is 0 Å². The Balaban J connectivity index is 0.000000271. The lowest BCUT2D eigenvalue weighted by Gasteiger charge is -2.27. The summed E-state index contributed by atoms with van der Waals surface area (Å²) in [5, 5.41) is 9.12. The molecular formula is C48H60N6. The summed E-state index contributed by atoms with van der Waals surface area (Å²) in [5.41, 5.74) is 22.2. The van der Waals surface area contributed by atoms with Crippen molar-refractivity contribution in [3.05, 3.63) is 205 Å². The SMILES string of the molecule is C=C(/C=C\C=C/Nc1ccccc1)NC.CC.CNc1ccccc1.Cc1cc(C)cc(N(c2ccccc2)c2ccccc2N)c1.NC1=CCCC=C1. The van der Waals surface area contributed by atoms with Crippen LogP contribution in [-0.4, -0.2) is 14.1 Å². The van der Waals surface area contributed by atoms with Crippen LogP contribution in [0.1, 0.15) is 37.8 Å². The van der Waals surface area contributed by atoms with Crippen LogP contribution in [0.15, 0.2) is 194 Å². The molecular weight excluding hydrogens is 661 g/mol. The maximum Gasteiger partial charge on any atom is 0.0691 e. The van der Waals surface area contributed by atoms with Gasteiger partial charge in [-0.25, -0.2) is 0 Å². The van der Waals surface area contributed by atoms with Crippen LogP contribution in [0.3, 0.4) is 0 Å². The van der Waals surface area contributed by atoms with Gasteiger partial charge in [-0.2, -0.15) is 0 Å². The van der Waals surface area contributed by atoms with Gasteiger partial charge < -0.3 is 32.3 Å². The Hall–Kier alpha value is -6.40.